The molecule has 1 aliphatic rings. The summed E-state index contributed by atoms with van der Waals surface area (Å²) in [5.74, 6) is 0.647. The van der Waals surface area contributed by atoms with E-state index in [4.69, 9.17) is 5.73 Å². The zero-order chi connectivity index (χ0) is 13.9. The molecule has 2 heterocycles. The predicted octanol–water partition coefficient (Wildman–Crippen LogP) is 2.79. The monoisotopic (exact) mass is 269 g/mol. The molecule has 3 heteroatoms. The second-order valence-corrected chi connectivity index (χ2v) is 5.98. The standard InChI is InChI=1S/C17H23N3/c1-13-6-7-14(8-18)11-20(13)12-16-10-19-9-15-4-2-3-5-17(15)16/h2-5,9-10,13-14H,6-8,11-12,18H2,1H3. The van der Waals surface area contributed by atoms with Crippen molar-refractivity contribution in [2.24, 2.45) is 11.7 Å². The Morgan fingerprint density at radius 1 is 1.25 bits per heavy atom. The van der Waals surface area contributed by atoms with E-state index >= 15 is 0 Å². The zero-order valence-corrected chi connectivity index (χ0v) is 12.1. The van der Waals surface area contributed by atoms with Crippen LogP contribution in [0, 0.1) is 5.92 Å². The first kappa shape index (κ1) is 13.5. The number of piperidine rings is 1. The molecule has 3 nitrogen and oxygen atoms in total. The van der Waals surface area contributed by atoms with Crippen molar-refractivity contribution in [2.75, 3.05) is 13.1 Å². The highest BCUT2D eigenvalue weighted by atomic mass is 15.2. The molecular formula is C17H23N3. The Bertz CT molecular complexity index is 576. The van der Waals surface area contributed by atoms with Gasteiger partial charge in [-0.3, -0.25) is 9.88 Å². The van der Waals surface area contributed by atoms with Gasteiger partial charge in [-0.05, 0) is 43.2 Å². The number of benzene rings is 1. The molecule has 0 aliphatic carbocycles. The molecule has 1 saturated heterocycles. The maximum atomic E-state index is 5.86. The smallest absolute Gasteiger partial charge is 0.0346 e. The minimum atomic E-state index is 0.636. The van der Waals surface area contributed by atoms with Crippen LogP contribution in [-0.2, 0) is 6.54 Å². The van der Waals surface area contributed by atoms with E-state index in [-0.39, 0.29) is 0 Å². The summed E-state index contributed by atoms with van der Waals surface area (Å²) < 4.78 is 0. The van der Waals surface area contributed by atoms with Crippen LogP contribution in [0.3, 0.4) is 0 Å². The minimum Gasteiger partial charge on any atom is -0.330 e. The number of nitrogens with zero attached hydrogens (tertiary/aromatic N) is 2. The van der Waals surface area contributed by atoms with E-state index in [1.54, 1.807) is 0 Å². The van der Waals surface area contributed by atoms with Crippen molar-refractivity contribution in [3.63, 3.8) is 0 Å². The number of nitrogens with two attached hydrogens (primary N) is 1. The van der Waals surface area contributed by atoms with E-state index in [2.05, 4.69) is 41.1 Å². The molecule has 1 aromatic heterocycles. The fourth-order valence-corrected chi connectivity index (χ4v) is 3.20. The first-order valence-corrected chi connectivity index (χ1v) is 7.53. The van der Waals surface area contributed by atoms with Gasteiger partial charge >= 0.3 is 0 Å². The lowest BCUT2D eigenvalue weighted by atomic mass is 9.93. The maximum absolute atomic E-state index is 5.86. The Hall–Kier alpha value is -1.45. The Labute approximate surface area is 120 Å². The van der Waals surface area contributed by atoms with Crippen LogP contribution in [0.2, 0.25) is 0 Å². The van der Waals surface area contributed by atoms with Crippen LogP contribution in [-0.4, -0.2) is 29.0 Å². The van der Waals surface area contributed by atoms with E-state index in [0.717, 1.165) is 19.6 Å². The molecule has 2 unspecified atom stereocenters. The van der Waals surface area contributed by atoms with Crippen molar-refractivity contribution in [1.29, 1.82) is 0 Å². The predicted molar refractivity (Wildman–Crippen MR) is 83.4 cm³/mol. The minimum absolute atomic E-state index is 0.636. The number of hydrogen-bond acceptors (Lipinski definition) is 3. The van der Waals surface area contributed by atoms with Crippen LogP contribution in [0.15, 0.2) is 36.7 Å². The van der Waals surface area contributed by atoms with Gasteiger partial charge in [-0.1, -0.05) is 24.3 Å². The summed E-state index contributed by atoms with van der Waals surface area (Å²) in [4.78, 5) is 6.95. The summed E-state index contributed by atoms with van der Waals surface area (Å²) in [5.41, 5.74) is 7.18. The summed E-state index contributed by atoms with van der Waals surface area (Å²) in [6.45, 7) is 5.22. The largest absolute Gasteiger partial charge is 0.330 e. The van der Waals surface area contributed by atoms with Gasteiger partial charge in [0.05, 0.1) is 0 Å². The van der Waals surface area contributed by atoms with Crippen LogP contribution >= 0.6 is 0 Å². The lowest BCUT2D eigenvalue weighted by Crippen LogP contribution is -2.43. The molecule has 0 spiro atoms. The van der Waals surface area contributed by atoms with Gasteiger partial charge in [0.15, 0.2) is 0 Å². The Morgan fingerprint density at radius 3 is 2.95 bits per heavy atom. The lowest BCUT2D eigenvalue weighted by Gasteiger charge is -2.37. The molecule has 3 rings (SSSR count). The normalized spacial score (nSPS) is 24.1. The summed E-state index contributed by atoms with van der Waals surface area (Å²) >= 11 is 0. The summed E-state index contributed by atoms with van der Waals surface area (Å²) in [7, 11) is 0. The van der Waals surface area contributed by atoms with Crippen LogP contribution in [0.1, 0.15) is 25.3 Å². The van der Waals surface area contributed by atoms with Crippen LogP contribution in [0.5, 0.6) is 0 Å². The number of pyridine rings is 1. The van der Waals surface area contributed by atoms with E-state index in [1.165, 1.54) is 29.2 Å². The molecule has 2 aromatic rings. The van der Waals surface area contributed by atoms with E-state index < -0.39 is 0 Å². The van der Waals surface area contributed by atoms with E-state index in [0.29, 0.717) is 12.0 Å². The molecule has 0 amide bonds. The highest BCUT2D eigenvalue weighted by molar-refractivity contribution is 5.84. The average Bonchev–Trinajstić information content (AvgIpc) is 2.50. The second-order valence-electron chi connectivity index (χ2n) is 5.98. The Morgan fingerprint density at radius 2 is 2.10 bits per heavy atom. The van der Waals surface area contributed by atoms with Gasteiger partial charge in [0, 0.05) is 36.9 Å². The SMILES string of the molecule is CC1CCC(CN)CN1Cc1cncc2ccccc12. The fourth-order valence-electron chi connectivity index (χ4n) is 3.20. The Balaban J connectivity index is 1.85. The summed E-state index contributed by atoms with van der Waals surface area (Å²) in [6.07, 6.45) is 6.48. The third-order valence-corrected chi connectivity index (χ3v) is 4.57. The number of hydrogen-bond donors (Lipinski definition) is 1. The molecular weight excluding hydrogens is 246 g/mol. The first-order chi connectivity index (χ1) is 9.78. The van der Waals surface area contributed by atoms with Crippen LogP contribution < -0.4 is 5.73 Å². The van der Waals surface area contributed by atoms with Crippen LogP contribution in [0.25, 0.3) is 10.8 Å². The summed E-state index contributed by atoms with van der Waals surface area (Å²) in [5, 5.41) is 2.55. The van der Waals surface area contributed by atoms with Crippen molar-refractivity contribution in [1.82, 2.24) is 9.88 Å². The fraction of sp³-hybridized carbons (Fsp3) is 0.471. The highest BCUT2D eigenvalue weighted by Crippen LogP contribution is 2.25. The molecule has 1 aromatic carbocycles. The first-order valence-electron chi connectivity index (χ1n) is 7.53. The molecule has 106 valence electrons. The quantitative estimate of drug-likeness (QED) is 0.931. The van der Waals surface area contributed by atoms with Gasteiger partial charge in [-0.15, -0.1) is 0 Å². The number of likely N-dealkylation sites (tertiary alicyclic amines) is 1. The van der Waals surface area contributed by atoms with E-state index in [9.17, 15) is 0 Å². The zero-order valence-electron chi connectivity index (χ0n) is 12.1. The van der Waals surface area contributed by atoms with Crippen LogP contribution in [0.4, 0.5) is 0 Å². The van der Waals surface area contributed by atoms with Crippen molar-refractivity contribution < 1.29 is 0 Å². The molecule has 1 aliphatic heterocycles. The van der Waals surface area contributed by atoms with Crippen molar-refractivity contribution in [2.45, 2.75) is 32.4 Å². The molecule has 2 atom stereocenters. The number of rotatable bonds is 3. The topological polar surface area (TPSA) is 42.1 Å². The van der Waals surface area contributed by atoms with E-state index in [1.807, 2.05) is 12.4 Å². The average molecular weight is 269 g/mol. The lowest BCUT2D eigenvalue weighted by molar-refractivity contribution is 0.114. The van der Waals surface area contributed by atoms with Crippen molar-refractivity contribution >= 4 is 10.8 Å². The molecule has 2 N–H and O–H groups in total. The number of aromatic nitrogens is 1. The van der Waals surface area contributed by atoms with Gasteiger partial charge in [0.25, 0.3) is 0 Å². The molecule has 20 heavy (non-hydrogen) atoms. The maximum Gasteiger partial charge on any atom is 0.0346 e. The third kappa shape index (κ3) is 2.69. The Kier molecular flexibility index (Phi) is 3.99. The molecule has 1 fully saturated rings. The second kappa shape index (κ2) is 5.90. The van der Waals surface area contributed by atoms with Gasteiger partial charge in [0.1, 0.15) is 0 Å². The van der Waals surface area contributed by atoms with Gasteiger partial charge < -0.3 is 5.73 Å². The highest BCUT2D eigenvalue weighted by Gasteiger charge is 2.24. The molecule has 0 saturated carbocycles. The van der Waals surface area contributed by atoms with Gasteiger partial charge in [0.2, 0.25) is 0 Å². The molecule has 0 bridgehead atoms. The van der Waals surface area contributed by atoms with Gasteiger partial charge in [-0.25, -0.2) is 0 Å². The van der Waals surface area contributed by atoms with Crippen molar-refractivity contribution in [3.05, 3.63) is 42.2 Å². The number of fused-ring (bicyclic) bond motifs is 1. The third-order valence-electron chi connectivity index (χ3n) is 4.57. The van der Waals surface area contributed by atoms with Gasteiger partial charge in [-0.2, -0.15) is 0 Å². The van der Waals surface area contributed by atoms with Crippen molar-refractivity contribution in [3.8, 4) is 0 Å². The summed E-state index contributed by atoms with van der Waals surface area (Å²) in [6, 6.07) is 9.14. The molecule has 0 radical (unpaired) electrons.